The molecule has 0 spiro atoms. The molecular formula is C15H15FN2O3. The number of nitrogens with zero attached hydrogens (tertiary/aromatic N) is 1. The van der Waals surface area contributed by atoms with E-state index in [1.165, 1.54) is 18.2 Å². The van der Waals surface area contributed by atoms with E-state index in [-0.39, 0.29) is 17.1 Å². The van der Waals surface area contributed by atoms with E-state index in [4.69, 9.17) is 20.4 Å². The lowest BCUT2D eigenvalue weighted by Crippen LogP contribution is -2.16. The van der Waals surface area contributed by atoms with Gasteiger partial charge in [-0.05, 0) is 31.2 Å². The Bertz CT molecular complexity index is 659. The maximum Gasteiger partial charge on any atom is 0.176 e. The predicted octanol–water partition coefficient (Wildman–Crippen LogP) is 3.11. The Morgan fingerprint density at radius 2 is 1.81 bits per heavy atom. The summed E-state index contributed by atoms with van der Waals surface area (Å²) < 4.78 is 25.0. The molecule has 2 aromatic carbocycles. The highest BCUT2D eigenvalue weighted by Gasteiger charge is 2.16. The Kier molecular flexibility index (Phi) is 4.61. The molecule has 0 radical (unpaired) electrons. The molecule has 0 atom stereocenters. The Balaban J connectivity index is 2.43. The average Bonchev–Trinajstić information content (AvgIpc) is 2.49. The number of rotatable bonds is 5. The summed E-state index contributed by atoms with van der Waals surface area (Å²) in [6.45, 7) is 2.32. The normalized spacial score (nSPS) is 11.2. The molecule has 0 bridgehead atoms. The van der Waals surface area contributed by atoms with E-state index in [1.54, 1.807) is 24.3 Å². The molecule has 0 saturated heterocycles. The van der Waals surface area contributed by atoms with Gasteiger partial charge in [-0.1, -0.05) is 23.4 Å². The lowest BCUT2D eigenvalue weighted by atomic mass is 10.1. The molecular weight excluding hydrogens is 275 g/mol. The van der Waals surface area contributed by atoms with E-state index in [0.717, 1.165) is 0 Å². The molecule has 110 valence electrons. The fourth-order valence-electron chi connectivity index (χ4n) is 1.82. The maximum atomic E-state index is 13.9. The number of nitrogens with two attached hydrogens (primary N) is 1. The number of halogens is 1. The number of amidine groups is 1. The molecule has 0 amide bonds. The van der Waals surface area contributed by atoms with Crippen LogP contribution in [0.5, 0.6) is 17.2 Å². The molecule has 0 fully saturated rings. The van der Waals surface area contributed by atoms with Gasteiger partial charge in [0.05, 0.1) is 12.2 Å². The molecule has 0 aromatic heterocycles. The zero-order valence-corrected chi connectivity index (χ0v) is 11.4. The van der Waals surface area contributed by atoms with Crippen LogP contribution in [0.2, 0.25) is 0 Å². The summed E-state index contributed by atoms with van der Waals surface area (Å²) in [4.78, 5) is 0. The molecule has 21 heavy (non-hydrogen) atoms. The number of hydrogen-bond acceptors (Lipinski definition) is 4. The number of ether oxygens (including phenoxy) is 2. The zero-order chi connectivity index (χ0) is 15.2. The number of oxime groups is 1. The first-order valence-electron chi connectivity index (χ1n) is 6.33. The van der Waals surface area contributed by atoms with E-state index in [0.29, 0.717) is 18.1 Å². The second-order valence-corrected chi connectivity index (χ2v) is 4.08. The molecule has 3 N–H and O–H groups in total. The van der Waals surface area contributed by atoms with E-state index < -0.39 is 5.82 Å². The molecule has 0 aliphatic carbocycles. The van der Waals surface area contributed by atoms with E-state index in [1.807, 2.05) is 6.92 Å². The van der Waals surface area contributed by atoms with Crippen LogP contribution in [0.4, 0.5) is 4.39 Å². The Labute approximate surface area is 121 Å². The van der Waals surface area contributed by atoms with Crippen molar-refractivity contribution in [1.29, 1.82) is 0 Å². The average molecular weight is 290 g/mol. The first-order valence-corrected chi connectivity index (χ1v) is 6.33. The van der Waals surface area contributed by atoms with Crippen molar-refractivity contribution >= 4 is 5.84 Å². The topological polar surface area (TPSA) is 77.1 Å². The van der Waals surface area contributed by atoms with Crippen LogP contribution in [0, 0.1) is 5.82 Å². The molecule has 0 aliphatic heterocycles. The fourth-order valence-corrected chi connectivity index (χ4v) is 1.82. The van der Waals surface area contributed by atoms with Crippen LogP contribution in [-0.4, -0.2) is 17.6 Å². The van der Waals surface area contributed by atoms with Crippen LogP contribution in [0.25, 0.3) is 0 Å². The summed E-state index contributed by atoms with van der Waals surface area (Å²) in [5, 5.41) is 11.6. The van der Waals surface area contributed by atoms with Crippen molar-refractivity contribution in [2.24, 2.45) is 10.9 Å². The summed E-state index contributed by atoms with van der Waals surface area (Å²) in [5.41, 5.74) is 5.39. The standard InChI is InChI=1S/C15H15FN2O3/c1-2-20-11-7-3-4-8-12(11)21-13-9-5-6-10(16)14(13)15(17)18-19/h3-9,19H,2H2,1H3,(H2,17,18). The first-order chi connectivity index (χ1) is 10.2. The zero-order valence-electron chi connectivity index (χ0n) is 11.4. The highest BCUT2D eigenvalue weighted by Crippen LogP contribution is 2.33. The lowest BCUT2D eigenvalue weighted by molar-refractivity contribution is 0.317. The number of benzene rings is 2. The van der Waals surface area contributed by atoms with Gasteiger partial charge in [-0.3, -0.25) is 0 Å². The van der Waals surface area contributed by atoms with Crippen LogP contribution in [0.3, 0.4) is 0 Å². The molecule has 5 nitrogen and oxygen atoms in total. The first kappa shape index (κ1) is 14.6. The van der Waals surface area contributed by atoms with Crippen molar-refractivity contribution in [3.8, 4) is 17.2 Å². The molecule has 6 heteroatoms. The van der Waals surface area contributed by atoms with Crippen LogP contribution < -0.4 is 15.2 Å². The summed E-state index contributed by atoms with van der Waals surface area (Å²) in [7, 11) is 0. The van der Waals surface area contributed by atoms with Crippen LogP contribution in [-0.2, 0) is 0 Å². The Morgan fingerprint density at radius 1 is 1.14 bits per heavy atom. The monoisotopic (exact) mass is 290 g/mol. The Morgan fingerprint density at radius 3 is 2.48 bits per heavy atom. The van der Waals surface area contributed by atoms with Crippen molar-refractivity contribution in [3.63, 3.8) is 0 Å². The van der Waals surface area contributed by atoms with Gasteiger partial charge in [0.15, 0.2) is 17.3 Å². The highest BCUT2D eigenvalue weighted by atomic mass is 19.1. The van der Waals surface area contributed by atoms with Crippen molar-refractivity contribution in [2.45, 2.75) is 6.92 Å². The summed E-state index contributed by atoms with van der Waals surface area (Å²) >= 11 is 0. The molecule has 0 unspecified atom stereocenters. The molecule has 2 rings (SSSR count). The van der Waals surface area contributed by atoms with Gasteiger partial charge in [0.25, 0.3) is 0 Å². The van der Waals surface area contributed by atoms with Crippen molar-refractivity contribution in [3.05, 3.63) is 53.8 Å². The lowest BCUT2D eigenvalue weighted by Gasteiger charge is -2.14. The van der Waals surface area contributed by atoms with Crippen LogP contribution in [0.1, 0.15) is 12.5 Å². The molecule has 2 aromatic rings. The molecule has 0 heterocycles. The number of hydrogen-bond donors (Lipinski definition) is 2. The van der Waals surface area contributed by atoms with E-state index in [2.05, 4.69) is 5.16 Å². The van der Waals surface area contributed by atoms with Gasteiger partial charge in [0.2, 0.25) is 0 Å². The third-order valence-electron chi connectivity index (χ3n) is 2.71. The maximum absolute atomic E-state index is 13.9. The SMILES string of the molecule is CCOc1ccccc1Oc1cccc(F)c1C(N)=NO. The minimum atomic E-state index is -0.642. The predicted molar refractivity (Wildman–Crippen MR) is 76.6 cm³/mol. The van der Waals surface area contributed by atoms with Crippen LogP contribution >= 0.6 is 0 Å². The molecule has 0 aliphatic rings. The van der Waals surface area contributed by atoms with Gasteiger partial charge in [0.1, 0.15) is 11.6 Å². The minimum absolute atomic E-state index is 0.105. The quantitative estimate of drug-likeness (QED) is 0.384. The van der Waals surface area contributed by atoms with Crippen molar-refractivity contribution in [1.82, 2.24) is 0 Å². The van der Waals surface area contributed by atoms with Gasteiger partial charge >= 0.3 is 0 Å². The van der Waals surface area contributed by atoms with Gasteiger partial charge in [-0.25, -0.2) is 4.39 Å². The van der Waals surface area contributed by atoms with E-state index in [9.17, 15) is 4.39 Å². The summed E-state index contributed by atoms with van der Waals surface area (Å²) in [5.74, 6) is 0.0674. The van der Waals surface area contributed by atoms with Crippen molar-refractivity contribution < 1.29 is 19.1 Å². The van der Waals surface area contributed by atoms with E-state index >= 15 is 0 Å². The Hall–Kier alpha value is -2.76. The van der Waals surface area contributed by atoms with Gasteiger partial charge in [0, 0.05) is 0 Å². The van der Waals surface area contributed by atoms with Crippen molar-refractivity contribution in [2.75, 3.05) is 6.61 Å². The summed E-state index contributed by atoms with van der Waals surface area (Å²) in [6, 6.07) is 11.2. The van der Waals surface area contributed by atoms with Gasteiger partial charge in [-0.2, -0.15) is 0 Å². The minimum Gasteiger partial charge on any atom is -0.490 e. The second kappa shape index (κ2) is 6.60. The highest BCUT2D eigenvalue weighted by molar-refractivity contribution is 5.99. The van der Waals surface area contributed by atoms with Gasteiger partial charge in [-0.15, -0.1) is 0 Å². The fraction of sp³-hybridized carbons (Fsp3) is 0.133. The largest absolute Gasteiger partial charge is 0.490 e. The second-order valence-electron chi connectivity index (χ2n) is 4.08. The number of para-hydroxylation sites is 2. The third-order valence-corrected chi connectivity index (χ3v) is 2.71. The molecule has 0 saturated carbocycles. The van der Waals surface area contributed by atoms with Gasteiger partial charge < -0.3 is 20.4 Å². The third kappa shape index (κ3) is 3.22. The van der Waals surface area contributed by atoms with Crippen LogP contribution in [0.15, 0.2) is 47.6 Å². The smallest absolute Gasteiger partial charge is 0.176 e. The summed E-state index contributed by atoms with van der Waals surface area (Å²) in [6.07, 6.45) is 0.